The number of aromatic nitrogens is 2. The molecule has 82 valence electrons. The van der Waals surface area contributed by atoms with Crippen molar-refractivity contribution in [2.75, 3.05) is 6.54 Å². The summed E-state index contributed by atoms with van der Waals surface area (Å²) in [6.45, 7) is 2.82. The maximum absolute atomic E-state index is 11.1. The van der Waals surface area contributed by atoms with Crippen LogP contribution in [0.15, 0.2) is 12.5 Å². The number of amides is 1. The Hall–Kier alpha value is -1.92. The van der Waals surface area contributed by atoms with Crippen LogP contribution in [0, 0.1) is 10.1 Å². The number of carbonyl (C=O) groups is 1. The summed E-state index contributed by atoms with van der Waals surface area (Å²) in [5, 5.41) is 12.9. The van der Waals surface area contributed by atoms with Gasteiger partial charge >= 0.3 is 5.82 Å². The molecule has 1 amide bonds. The standard InChI is InChI=1S/C8H12N4O3/c1-2-9-8(13)3-4-11-5-7(10-6-11)12(14)15/h5-6H,2-4H2,1H3,(H,9,13). The third-order valence-corrected chi connectivity index (χ3v) is 1.78. The van der Waals surface area contributed by atoms with Crippen molar-refractivity contribution in [3.8, 4) is 0 Å². The predicted octanol–water partition coefficient (Wildman–Crippen LogP) is 0.317. The number of aryl methyl sites for hydroxylation is 1. The van der Waals surface area contributed by atoms with Gasteiger partial charge in [-0.05, 0) is 16.8 Å². The number of imidazole rings is 1. The first-order valence-electron chi connectivity index (χ1n) is 4.56. The van der Waals surface area contributed by atoms with Gasteiger partial charge in [0.1, 0.15) is 6.20 Å². The highest BCUT2D eigenvalue weighted by Crippen LogP contribution is 2.05. The van der Waals surface area contributed by atoms with E-state index in [-0.39, 0.29) is 11.7 Å². The van der Waals surface area contributed by atoms with Crippen LogP contribution in [0.5, 0.6) is 0 Å². The molecule has 0 aliphatic rings. The molecule has 0 fully saturated rings. The van der Waals surface area contributed by atoms with Crippen molar-refractivity contribution in [1.82, 2.24) is 14.9 Å². The van der Waals surface area contributed by atoms with Gasteiger partial charge in [-0.25, -0.2) is 0 Å². The van der Waals surface area contributed by atoms with E-state index < -0.39 is 4.92 Å². The van der Waals surface area contributed by atoms with E-state index in [9.17, 15) is 14.9 Å². The van der Waals surface area contributed by atoms with Crippen molar-refractivity contribution in [2.45, 2.75) is 19.9 Å². The Balaban J connectivity index is 2.44. The van der Waals surface area contributed by atoms with Crippen LogP contribution in [0.2, 0.25) is 0 Å². The minimum Gasteiger partial charge on any atom is -0.358 e. The molecule has 0 atom stereocenters. The van der Waals surface area contributed by atoms with Crippen molar-refractivity contribution >= 4 is 11.7 Å². The lowest BCUT2D eigenvalue weighted by atomic mass is 10.4. The van der Waals surface area contributed by atoms with E-state index in [1.807, 2.05) is 6.92 Å². The summed E-state index contributed by atoms with van der Waals surface area (Å²) in [5.41, 5.74) is 0. The minimum absolute atomic E-state index is 0.0751. The fraction of sp³-hybridized carbons (Fsp3) is 0.500. The van der Waals surface area contributed by atoms with Crippen molar-refractivity contribution in [3.05, 3.63) is 22.6 Å². The Bertz CT molecular complexity index is 361. The van der Waals surface area contributed by atoms with Gasteiger partial charge in [-0.15, -0.1) is 0 Å². The van der Waals surface area contributed by atoms with E-state index in [2.05, 4.69) is 10.3 Å². The zero-order valence-electron chi connectivity index (χ0n) is 8.34. The van der Waals surface area contributed by atoms with E-state index in [1.54, 1.807) is 0 Å². The van der Waals surface area contributed by atoms with Gasteiger partial charge in [-0.3, -0.25) is 4.79 Å². The molecular formula is C8H12N4O3. The summed E-state index contributed by atoms with van der Waals surface area (Å²) < 4.78 is 1.52. The van der Waals surface area contributed by atoms with Crippen LogP contribution in [0.25, 0.3) is 0 Å². The van der Waals surface area contributed by atoms with Crippen molar-refractivity contribution in [2.24, 2.45) is 0 Å². The van der Waals surface area contributed by atoms with E-state index in [0.29, 0.717) is 19.5 Å². The number of hydrogen-bond acceptors (Lipinski definition) is 4. The van der Waals surface area contributed by atoms with Gasteiger partial charge in [-0.2, -0.15) is 0 Å². The number of nitro groups is 1. The molecule has 1 N–H and O–H groups in total. The zero-order valence-corrected chi connectivity index (χ0v) is 8.34. The Morgan fingerprint density at radius 1 is 1.73 bits per heavy atom. The molecule has 0 saturated heterocycles. The summed E-state index contributed by atoms with van der Waals surface area (Å²) in [5.74, 6) is -0.278. The molecule has 1 aromatic rings. The van der Waals surface area contributed by atoms with Gasteiger partial charge in [0.25, 0.3) is 0 Å². The van der Waals surface area contributed by atoms with Crippen LogP contribution in [0.4, 0.5) is 5.82 Å². The van der Waals surface area contributed by atoms with Gasteiger partial charge in [0.05, 0.1) is 0 Å². The van der Waals surface area contributed by atoms with Gasteiger partial charge in [0, 0.05) is 19.5 Å². The third kappa shape index (κ3) is 3.37. The van der Waals surface area contributed by atoms with Crippen LogP contribution in [0.3, 0.4) is 0 Å². The molecule has 1 aromatic heterocycles. The highest BCUT2D eigenvalue weighted by Gasteiger charge is 2.10. The number of nitrogens with zero attached hydrogens (tertiary/aromatic N) is 3. The second kappa shape index (κ2) is 5.08. The molecule has 0 spiro atoms. The number of carbonyl (C=O) groups excluding carboxylic acids is 1. The lowest BCUT2D eigenvalue weighted by molar-refractivity contribution is -0.389. The Labute approximate surface area is 86.3 Å². The lowest BCUT2D eigenvalue weighted by Crippen LogP contribution is -2.23. The smallest absolute Gasteiger partial charge is 0.358 e. The molecular weight excluding hydrogens is 200 g/mol. The average Bonchev–Trinajstić information content (AvgIpc) is 2.63. The Kier molecular flexibility index (Phi) is 3.78. The van der Waals surface area contributed by atoms with Crippen LogP contribution in [-0.4, -0.2) is 26.9 Å². The van der Waals surface area contributed by atoms with E-state index in [4.69, 9.17) is 0 Å². The average molecular weight is 212 g/mol. The first-order chi connectivity index (χ1) is 7.13. The van der Waals surface area contributed by atoms with E-state index >= 15 is 0 Å². The number of hydrogen-bond donors (Lipinski definition) is 1. The van der Waals surface area contributed by atoms with Gasteiger partial charge in [0.15, 0.2) is 0 Å². The lowest BCUT2D eigenvalue weighted by Gasteiger charge is -2.01. The summed E-state index contributed by atoms with van der Waals surface area (Å²) in [6, 6.07) is 0. The number of rotatable bonds is 5. The fourth-order valence-corrected chi connectivity index (χ4v) is 1.08. The van der Waals surface area contributed by atoms with Gasteiger partial charge < -0.3 is 20.0 Å². The molecule has 0 saturated carbocycles. The summed E-state index contributed by atoms with van der Waals surface area (Å²) in [7, 11) is 0. The highest BCUT2D eigenvalue weighted by molar-refractivity contribution is 5.75. The largest absolute Gasteiger partial charge is 0.381 e. The highest BCUT2D eigenvalue weighted by atomic mass is 16.6. The second-order valence-electron chi connectivity index (χ2n) is 2.93. The molecule has 15 heavy (non-hydrogen) atoms. The third-order valence-electron chi connectivity index (χ3n) is 1.78. The summed E-state index contributed by atoms with van der Waals surface area (Å²) in [6.07, 6.45) is 2.94. The van der Waals surface area contributed by atoms with Crippen LogP contribution >= 0.6 is 0 Å². The fourth-order valence-electron chi connectivity index (χ4n) is 1.08. The van der Waals surface area contributed by atoms with Gasteiger partial charge in [-0.1, -0.05) is 0 Å². The van der Waals surface area contributed by atoms with E-state index in [0.717, 1.165) is 0 Å². The molecule has 7 nitrogen and oxygen atoms in total. The molecule has 0 bridgehead atoms. The van der Waals surface area contributed by atoms with Crippen LogP contribution in [-0.2, 0) is 11.3 Å². The molecule has 7 heteroatoms. The molecule has 0 aliphatic carbocycles. The minimum atomic E-state index is -0.567. The summed E-state index contributed by atoms with van der Waals surface area (Å²) >= 11 is 0. The predicted molar refractivity (Wildman–Crippen MR) is 52.2 cm³/mol. The number of nitrogens with one attached hydrogen (secondary N) is 1. The molecule has 1 rings (SSSR count). The Morgan fingerprint density at radius 2 is 2.47 bits per heavy atom. The van der Waals surface area contributed by atoms with Crippen molar-refractivity contribution in [3.63, 3.8) is 0 Å². The van der Waals surface area contributed by atoms with Crippen molar-refractivity contribution in [1.29, 1.82) is 0 Å². The molecule has 0 radical (unpaired) electrons. The quantitative estimate of drug-likeness (QED) is 0.562. The molecule has 1 heterocycles. The summed E-state index contributed by atoms with van der Waals surface area (Å²) in [4.78, 5) is 24.4. The molecule has 0 aromatic carbocycles. The molecule has 0 unspecified atom stereocenters. The van der Waals surface area contributed by atoms with Crippen LogP contribution in [0.1, 0.15) is 13.3 Å². The van der Waals surface area contributed by atoms with E-state index in [1.165, 1.54) is 17.1 Å². The topological polar surface area (TPSA) is 90.1 Å². The van der Waals surface area contributed by atoms with Gasteiger partial charge in [0.2, 0.25) is 12.2 Å². The molecule has 0 aliphatic heterocycles. The normalized spacial score (nSPS) is 9.93. The van der Waals surface area contributed by atoms with Crippen molar-refractivity contribution < 1.29 is 9.72 Å². The monoisotopic (exact) mass is 212 g/mol. The maximum atomic E-state index is 11.1. The zero-order chi connectivity index (χ0) is 11.3. The first kappa shape index (κ1) is 11.2. The van der Waals surface area contributed by atoms with Crippen LogP contribution < -0.4 is 5.32 Å². The Morgan fingerprint density at radius 3 is 3.00 bits per heavy atom. The maximum Gasteiger partial charge on any atom is 0.381 e. The second-order valence-corrected chi connectivity index (χ2v) is 2.93. The SMILES string of the molecule is CCNC(=O)CCn1cnc([N+](=O)[O-])c1. The first-order valence-corrected chi connectivity index (χ1v) is 4.56.